The van der Waals surface area contributed by atoms with Gasteiger partial charge in [-0.25, -0.2) is 0 Å². The van der Waals surface area contributed by atoms with Gasteiger partial charge in [-0.15, -0.1) is 0 Å². The predicted octanol–water partition coefficient (Wildman–Crippen LogP) is 3.57. The summed E-state index contributed by atoms with van der Waals surface area (Å²) in [6.07, 6.45) is 2.53. The first kappa shape index (κ1) is 16.3. The van der Waals surface area contributed by atoms with Gasteiger partial charge in [-0.3, -0.25) is 4.90 Å². The third-order valence-electron chi connectivity index (χ3n) is 3.93. The van der Waals surface area contributed by atoms with Crippen LogP contribution in [0.15, 0.2) is 10.5 Å². The molecule has 0 bridgehead atoms. The van der Waals surface area contributed by atoms with E-state index in [1.807, 2.05) is 7.05 Å². The highest BCUT2D eigenvalue weighted by Crippen LogP contribution is 2.18. The number of nitrogens with one attached hydrogen (secondary N) is 1. The molecule has 1 rings (SSSR count). The van der Waals surface area contributed by atoms with Crippen molar-refractivity contribution in [3.63, 3.8) is 0 Å². The Morgan fingerprint density at radius 1 is 1.26 bits per heavy atom. The van der Waals surface area contributed by atoms with E-state index in [2.05, 4.69) is 44.0 Å². The summed E-state index contributed by atoms with van der Waals surface area (Å²) in [7, 11) is 1.95. The molecule has 0 spiro atoms. The van der Waals surface area contributed by atoms with Crippen LogP contribution in [-0.2, 0) is 13.1 Å². The van der Waals surface area contributed by atoms with E-state index in [1.165, 1.54) is 24.9 Å². The Labute approximate surface area is 118 Å². The van der Waals surface area contributed by atoms with Crippen LogP contribution in [0.5, 0.6) is 0 Å². The molecule has 1 aromatic heterocycles. The second-order valence-corrected chi connectivity index (χ2v) is 5.33. The van der Waals surface area contributed by atoms with Crippen molar-refractivity contribution in [3.8, 4) is 0 Å². The van der Waals surface area contributed by atoms with Crippen LogP contribution in [0, 0.1) is 12.8 Å². The Kier molecular flexibility index (Phi) is 7.17. The minimum atomic E-state index is 0.805. The van der Waals surface area contributed by atoms with Gasteiger partial charge in [0.05, 0.1) is 6.54 Å². The van der Waals surface area contributed by atoms with E-state index in [0.717, 1.165) is 37.1 Å². The zero-order valence-electron chi connectivity index (χ0n) is 13.3. The third kappa shape index (κ3) is 5.00. The predicted molar refractivity (Wildman–Crippen MR) is 81.2 cm³/mol. The molecule has 0 unspecified atom stereocenters. The molecular weight excluding hydrogens is 236 g/mol. The first-order valence-electron chi connectivity index (χ1n) is 7.59. The maximum Gasteiger partial charge on any atom is 0.118 e. The smallest absolute Gasteiger partial charge is 0.118 e. The SMILES string of the molecule is CCC(CC)CN(CC)Cc1cc(CNC)oc1C. The Hall–Kier alpha value is -0.800. The number of hydrogen-bond acceptors (Lipinski definition) is 3. The van der Waals surface area contributed by atoms with Crippen LogP contribution in [-0.4, -0.2) is 25.0 Å². The van der Waals surface area contributed by atoms with E-state index in [1.54, 1.807) is 0 Å². The molecule has 0 aliphatic rings. The molecule has 0 saturated heterocycles. The van der Waals surface area contributed by atoms with Crippen LogP contribution in [0.4, 0.5) is 0 Å². The molecule has 0 aliphatic heterocycles. The minimum Gasteiger partial charge on any atom is -0.465 e. The molecule has 1 N–H and O–H groups in total. The minimum absolute atomic E-state index is 0.805. The Morgan fingerprint density at radius 2 is 1.95 bits per heavy atom. The van der Waals surface area contributed by atoms with Crippen molar-refractivity contribution in [2.24, 2.45) is 5.92 Å². The fraction of sp³-hybridized carbons (Fsp3) is 0.750. The van der Waals surface area contributed by atoms with E-state index in [4.69, 9.17) is 4.42 Å². The van der Waals surface area contributed by atoms with Gasteiger partial charge in [0.1, 0.15) is 11.5 Å². The number of aryl methyl sites for hydroxylation is 1. The van der Waals surface area contributed by atoms with E-state index in [9.17, 15) is 0 Å². The molecule has 19 heavy (non-hydrogen) atoms. The van der Waals surface area contributed by atoms with Gasteiger partial charge in [-0.1, -0.05) is 33.6 Å². The van der Waals surface area contributed by atoms with Crippen molar-refractivity contribution < 1.29 is 4.42 Å². The number of hydrogen-bond donors (Lipinski definition) is 1. The zero-order chi connectivity index (χ0) is 14.3. The maximum absolute atomic E-state index is 5.77. The van der Waals surface area contributed by atoms with Gasteiger partial charge in [0, 0.05) is 18.7 Å². The van der Waals surface area contributed by atoms with Crippen LogP contribution in [0.3, 0.4) is 0 Å². The summed E-state index contributed by atoms with van der Waals surface area (Å²) in [5, 5.41) is 3.13. The average Bonchev–Trinajstić information content (AvgIpc) is 2.75. The molecule has 0 aliphatic carbocycles. The van der Waals surface area contributed by atoms with Crippen LogP contribution in [0.2, 0.25) is 0 Å². The van der Waals surface area contributed by atoms with E-state index >= 15 is 0 Å². The first-order valence-corrected chi connectivity index (χ1v) is 7.59. The van der Waals surface area contributed by atoms with Crippen molar-refractivity contribution in [2.75, 3.05) is 20.1 Å². The highest BCUT2D eigenvalue weighted by atomic mass is 16.3. The second-order valence-electron chi connectivity index (χ2n) is 5.33. The van der Waals surface area contributed by atoms with Gasteiger partial charge < -0.3 is 9.73 Å². The van der Waals surface area contributed by atoms with E-state index < -0.39 is 0 Å². The fourth-order valence-electron chi connectivity index (χ4n) is 2.46. The summed E-state index contributed by atoms with van der Waals surface area (Å²) < 4.78 is 5.77. The van der Waals surface area contributed by atoms with Gasteiger partial charge in [0.2, 0.25) is 0 Å². The molecular formula is C16H30N2O. The van der Waals surface area contributed by atoms with Crippen LogP contribution in [0.1, 0.15) is 50.7 Å². The molecule has 0 saturated carbocycles. The van der Waals surface area contributed by atoms with Crippen molar-refractivity contribution >= 4 is 0 Å². The summed E-state index contributed by atoms with van der Waals surface area (Å²) in [6.45, 7) is 13.0. The van der Waals surface area contributed by atoms with Crippen molar-refractivity contribution in [2.45, 2.75) is 53.6 Å². The molecule has 0 aromatic carbocycles. The lowest BCUT2D eigenvalue weighted by Crippen LogP contribution is -2.28. The van der Waals surface area contributed by atoms with Gasteiger partial charge in [0.25, 0.3) is 0 Å². The van der Waals surface area contributed by atoms with Crippen molar-refractivity contribution in [3.05, 3.63) is 23.2 Å². The quantitative estimate of drug-likeness (QED) is 0.740. The maximum atomic E-state index is 5.77. The topological polar surface area (TPSA) is 28.4 Å². The van der Waals surface area contributed by atoms with Crippen LogP contribution < -0.4 is 5.32 Å². The average molecular weight is 266 g/mol. The molecule has 3 nitrogen and oxygen atoms in total. The summed E-state index contributed by atoms with van der Waals surface area (Å²) in [5.74, 6) is 2.91. The largest absolute Gasteiger partial charge is 0.465 e. The molecule has 1 heterocycles. The van der Waals surface area contributed by atoms with Crippen LogP contribution in [0.25, 0.3) is 0 Å². The summed E-state index contributed by atoms with van der Waals surface area (Å²) in [4.78, 5) is 2.53. The molecule has 0 amide bonds. The van der Waals surface area contributed by atoms with E-state index in [0.29, 0.717) is 0 Å². The molecule has 3 heteroatoms. The van der Waals surface area contributed by atoms with Crippen LogP contribution >= 0.6 is 0 Å². The monoisotopic (exact) mass is 266 g/mol. The van der Waals surface area contributed by atoms with Gasteiger partial charge in [-0.2, -0.15) is 0 Å². The van der Waals surface area contributed by atoms with Crippen molar-refractivity contribution in [1.29, 1.82) is 0 Å². The second kappa shape index (κ2) is 8.39. The summed E-state index contributed by atoms with van der Waals surface area (Å²) in [5.41, 5.74) is 1.33. The highest BCUT2D eigenvalue weighted by molar-refractivity contribution is 5.20. The molecule has 0 fully saturated rings. The summed E-state index contributed by atoms with van der Waals surface area (Å²) >= 11 is 0. The van der Waals surface area contributed by atoms with E-state index in [-0.39, 0.29) is 0 Å². The Morgan fingerprint density at radius 3 is 2.47 bits per heavy atom. The first-order chi connectivity index (χ1) is 9.14. The van der Waals surface area contributed by atoms with Crippen molar-refractivity contribution in [1.82, 2.24) is 10.2 Å². The Bertz CT molecular complexity index is 356. The lowest BCUT2D eigenvalue weighted by molar-refractivity contribution is 0.225. The zero-order valence-corrected chi connectivity index (χ0v) is 13.3. The molecule has 1 aromatic rings. The molecule has 110 valence electrons. The van der Waals surface area contributed by atoms with Gasteiger partial charge >= 0.3 is 0 Å². The summed E-state index contributed by atoms with van der Waals surface area (Å²) in [6, 6.07) is 2.20. The number of furan rings is 1. The molecule has 0 radical (unpaired) electrons. The number of rotatable bonds is 9. The Balaban J connectivity index is 2.64. The van der Waals surface area contributed by atoms with Gasteiger partial charge in [-0.05, 0) is 32.5 Å². The lowest BCUT2D eigenvalue weighted by Gasteiger charge is -2.24. The highest BCUT2D eigenvalue weighted by Gasteiger charge is 2.14. The number of nitrogens with zero attached hydrogens (tertiary/aromatic N) is 1. The normalized spacial score (nSPS) is 11.7. The lowest BCUT2D eigenvalue weighted by atomic mass is 10.0. The van der Waals surface area contributed by atoms with Gasteiger partial charge in [0.15, 0.2) is 0 Å². The molecule has 0 atom stereocenters. The standard InChI is InChI=1S/C16H30N2O/c1-6-14(7-2)11-18(8-3)12-15-9-16(10-17-5)19-13(15)4/h9,14,17H,6-8,10-12H2,1-5H3. The fourth-order valence-corrected chi connectivity index (χ4v) is 2.46. The third-order valence-corrected chi connectivity index (χ3v) is 3.93.